The number of esters is 2. The van der Waals surface area contributed by atoms with Gasteiger partial charge in [-0.05, 0) is 38.8 Å². The molecule has 1 fully saturated rings. The van der Waals surface area contributed by atoms with E-state index in [0.717, 1.165) is 19.4 Å². The van der Waals surface area contributed by atoms with E-state index in [4.69, 9.17) is 9.47 Å². The van der Waals surface area contributed by atoms with Crippen LogP contribution in [0.5, 0.6) is 0 Å². The number of allylic oxidation sites excluding steroid dienone is 2. The van der Waals surface area contributed by atoms with E-state index in [9.17, 15) is 19.7 Å². The number of hydrogen-bond donors (Lipinski definition) is 2. The van der Waals surface area contributed by atoms with E-state index >= 15 is 0 Å². The van der Waals surface area contributed by atoms with E-state index in [1.54, 1.807) is 19.9 Å². The van der Waals surface area contributed by atoms with Crippen molar-refractivity contribution < 1.29 is 24.0 Å². The molecular weight excluding hydrogens is 390 g/mol. The zero-order valence-electron chi connectivity index (χ0n) is 17.2. The zero-order chi connectivity index (χ0) is 21.8. The highest BCUT2D eigenvalue weighted by Crippen LogP contribution is 2.40. The van der Waals surface area contributed by atoms with Crippen molar-refractivity contribution in [2.75, 3.05) is 20.2 Å². The van der Waals surface area contributed by atoms with Gasteiger partial charge in [0.1, 0.15) is 6.10 Å². The standard InChI is InChI=1S/C21H25N3O6/c1-12-17(20(25)29-3)19(14-6-4-7-15(10-14)24(27)28)18(13(2)23-12)21(26)30-16-8-5-9-22-11-16/h4,6-7,10,16,19,22-23H,5,8-9,11H2,1-3H3/t16-,19-/m1/s1. The van der Waals surface area contributed by atoms with Crippen molar-refractivity contribution in [3.05, 3.63) is 62.5 Å². The number of methoxy groups -OCH3 is 1. The summed E-state index contributed by atoms with van der Waals surface area (Å²) in [4.78, 5) is 36.6. The van der Waals surface area contributed by atoms with Gasteiger partial charge in [-0.2, -0.15) is 0 Å². The van der Waals surface area contributed by atoms with Crippen LogP contribution in [-0.4, -0.2) is 43.2 Å². The molecule has 9 nitrogen and oxygen atoms in total. The molecule has 1 saturated heterocycles. The summed E-state index contributed by atoms with van der Waals surface area (Å²) >= 11 is 0. The van der Waals surface area contributed by atoms with Crippen LogP contribution in [0.15, 0.2) is 46.8 Å². The number of carbonyl (C=O) groups excluding carboxylic acids is 2. The molecule has 0 aromatic heterocycles. The van der Waals surface area contributed by atoms with Crippen molar-refractivity contribution in [2.24, 2.45) is 0 Å². The van der Waals surface area contributed by atoms with Gasteiger partial charge in [-0.1, -0.05) is 12.1 Å². The number of hydrogen-bond acceptors (Lipinski definition) is 8. The first-order valence-corrected chi connectivity index (χ1v) is 9.76. The predicted octanol–water partition coefficient (Wildman–Crippen LogP) is 2.30. The third-order valence-electron chi connectivity index (χ3n) is 5.33. The largest absolute Gasteiger partial charge is 0.466 e. The Morgan fingerprint density at radius 3 is 2.47 bits per heavy atom. The number of non-ortho nitro benzene ring substituents is 1. The molecule has 3 rings (SSSR count). The minimum atomic E-state index is -0.845. The van der Waals surface area contributed by atoms with Gasteiger partial charge in [0, 0.05) is 30.1 Å². The number of nitrogens with one attached hydrogen (secondary N) is 2. The van der Waals surface area contributed by atoms with Crippen LogP contribution in [0.2, 0.25) is 0 Å². The van der Waals surface area contributed by atoms with Crippen LogP contribution in [-0.2, 0) is 19.1 Å². The number of nitrogens with zero attached hydrogens (tertiary/aromatic N) is 1. The lowest BCUT2D eigenvalue weighted by Gasteiger charge is -2.31. The van der Waals surface area contributed by atoms with Gasteiger partial charge in [0.25, 0.3) is 5.69 Å². The van der Waals surface area contributed by atoms with Crippen molar-refractivity contribution in [2.45, 2.75) is 38.7 Å². The Kier molecular flexibility index (Phi) is 6.51. The Labute approximate surface area is 174 Å². The summed E-state index contributed by atoms with van der Waals surface area (Å²) in [5, 5.41) is 17.5. The Balaban J connectivity index is 2.07. The van der Waals surface area contributed by atoms with E-state index in [1.165, 1.54) is 25.3 Å². The molecule has 1 aromatic carbocycles. The van der Waals surface area contributed by atoms with Gasteiger partial charge >= 0.3 is 11.9 Å². The monoisotopic (exact) mass is 415 g/mol. The molecule has 30 heavy (non-hydrogen) atoms. The van der Waals surface area contributed by atoms with Crippen LogP contribution in [0.4, 0.5) is 5.69 Å². The predicted molar refractivity (Wildman–Crippen MR) is 108 cm³/mol. The number of benzene rings is 1. The minimum Gasteiger partial charge on any atom is -0.466 e. The second kappa shape index (κ2) is 9.08. The van der Waals surface area contributed by atoms with Crippen molar-refractivity contribution in [1.82, 2.24) is 10.6 Å². The molecule has 0 radical (unpaired) electrons. The highest BCUT2D eigenvalue weighted by Gasteiger charge is 2.39. The topological polar surface area (TPSA) is 120 Å². The third-order valence-corrected chi connectivity index (χ3v) is 5.33. The molecule has 2 heterocycles. The van der Waals surface area contributed by atoms with E-state index in [1.807, 2.05) is 0 Å². The van der Waals surface area contributed by atoms with Crippen molar-refractivity contribution in [3.63, 3.8) is 0 Å². The van der Waals surface area contributed by atoms with Crippen LogP contribution < -0.4 is 10.6 Å². The van der Waals surface area contributed by atoms with Crippen molar-refractivity contribution in [1.29, 1.82) is 0 Å². The van der Waals surface area contributed by atoms with E-state index in [0.29, 0.717) is 23.5 Å². The first-order valence-electron chi connectivity index (χ1n) is 9.76. The molecule has 0 unspecified atom stereocenters. The number of ether oxygens (including phenoxy) is 2. The maximum Gasteiger partial charge on any atom is 0.337 e. The Bertz CT molecular complexity index is 930. The number of piperidine rings is 1. The molecule has 2 aliphatic rings. The molecular formula is C21H25N3O6. The highest BCUT2D eigenvalue weighted by atomic mass is 16.6. The van der Waals surface area contributed by atoms with Gasteiger partial charge in [-0.15, -0.1) is 0 Å². The molecule has 0 spiro atoms. The minimum absolute atomic E-state index is 0.130. The first-order chi connectivity index (χ1) is 14.3. The van der Waals surface area contributed by atoms with Gasteiger partial charge in [0.05, 0.1) is 29.1 Å². The number of nitro benzene ring substituents is 1. The quantitative estimate of drug-likeness (QED) is 0.427. The van der Waals surface area contributed by atoms with Gasteiger partial charge < -0.3 is 20.1 Å². The molecule has 0 aliphatic carbocycles. The lowest BCUT2D eigenvalue weighted by molar-refractivity contribution is -0.384. The summed E-state index contributed by atoms with van der Waals surface area (Å²) in [7, 11) is 1.25. The fourth-order valence-electron chi connectivity index (χ4n) is 3.93. The van der Waals surface area contributed by atoms with E-state index in [2.05, 4.69) is 10.6 Å². The lowest BCUT2D eigenvalue weighted by Crippen LogP contribution is -2.39. The number of nitro groups is 1. The molecule has 160 valence electrons. The maximum atomic E-state index is 13.2. The summed E-state index contributed by atoms with van der Waals surface area (Å²) in [5.41, 5.74) is 1.83. The summed E-state index contributed by atoms with van der Waals surface area (Å²) in [6.07, 6.45) is 1.37. The second-order valence-electron chi connectivity index (χ2n) is 7.35. The van der Waals surface area contributed by atoms with Crippen molar-refractivity contribution >= 4 is 17.6 Å². The summed E-state index contributed by atoms with van der Waals surface area (Å²) in [6.45, 7) is 4.86. The summed E-state index contributed by atoms with van der Waals surface area (Å²) < 4.78 is 10.7. The molecule has 9 heteroatoms. The number of dihydropyridines is 1. The second-order valence-corrected chi connectivity index (χ2v) is 7.35. The van der Waals surface area contributed by atoms with E-state index in [-0.39, 0.29) is 22.9 Å². The van der Waals surface area contributed by atoms with Crippen molar-refractivity contribution in [3.8, 4) is 0 Å². The van der Waals surface area contributed by atoms with Crippen LogP contribution in [0.25, 0.3) is 0 Å². The molecule has 1 aromatic rings. The summed E-state index contributed by atoms with van der Waals surface area (Å²) in [5.74, 6) is -2.02. The maximum absolute atomic E-state index is 13.2. The highest BCUT2D eigenvalue weighted by molar-refractivity contribution is 6.00. The molecule has 0 amide bonds. The smallest absolute Gasteiger partial charge is 0.337 e. The van der Waals surface area contributed by atoms with Crippen LogP contribution in [0.3, 0.4) is 0 Å². The third kappa shape index (κ3) is 4.35. The molecule has 2 N–H and O–H groups in total. The Hall–Kier alpha value is -3.20. The van der Waals surface area contributed by atoms with Crippen LogP contribution >= 0.6 is 0 Å². The first kappa shape index (κ1) is 21.5. The lowest BCUT2D eigenvalue weighted by atomic mass is 9.80. The molecule has 2 atom stereocenters. The van der Waals surface area contributed by atoms with E-state index < -0.39 is 22.8 Å². The zero-order valence-corrected chi connectivity index (χ0v) is 17.2. The fourth-order valence-corrected chi connectivity index (χ4v) is 3.93. The van der Waals surface area contributed by atoms with Gasteiger partial charge in [0.15, 0.2) is 0 Å². The van der Waals surface area contributed by atoms with Crippen LogP contribution in [0, 0.1) is 10.1 Å². The number of rotatable bonds is 5. The fraction of sp³-hybridized carbons (Fsp3) is 0.429. The SMILES string of the molecule is COC(=O)C1=C(C)NC(C)=C(C(=O)O[C@@H]2CCCNC2)[C@@H]1c1cccc([N+](=O)[O-])c1. The van der Waals surface area contributed by atoms with Gasteiger partial charge in [-0.25, -0.2) is 9.59 Å². The summed E-state index contributed by atoms with van der Waals surface area (Å²) in [6, 6.07) is 5.92. The average Bonchev–Trinajstić information content (AvgIpc) is 2.73. The van der Waals surface area contributed by atoms with Gasteiger partial charge in [0.2, 0.25) is 0 Å². The van der Waals surface area contributed by atoms with Gasteiger partial charge in [-0.3, -0.25) is 10.1 Å². The average molecular weight is 415 g/mol. The Morgan fingerprint density at radius 1 is 1.17 bits per heavy atom. The Morgan fingerprint density at radius 2 is 1.87 bits per heavy atom. The number of carbonyl (C=O) groups is 2. The molecule has 0 saturated carbocycles. The molecule has 0 bridgehead atoms. The normalized spacial score (nSPS) is 21.7. The molecule has 2 aliphatic heterocycles. The van der Waals surface area contributed by atoms with Crippen LogP contribution in [0.1, 0.15) is 38.2 Å².